The topological polar surface area (TPSA) is 117 Å². The molecule has 2 N–H and O–H groups in total. The van der Waals surface area contributed by atoms with Gasteiger partial charge in [-0.15, -0.1) is 11.3 Å². The number of urea groups is 1. The van der Waals surface area contributed by atoms with Crippen LogP contribution in [-0.2, 0) is 4.79 Å². The highest BCUT2D eigenvalue weighted by atomic mass is 32.1. The van der Waals surface area contributed by atoms with Gasteiger partial charge >= 0.3 is 6.03 Å². The number of likely N-dealkylation sites (tertiary alicyclic amines) is 1. The van der Waals surface area contributed by atoms with Crippen LogP contribution < -0.4 is 20.3 Å². The number of aromatic nitrogens is 2. The number of nitrogens with zero attached hydrogens (tertiary/aromatic N) is 4. The van der Waals surface area contributed by atoms with E-state index in [-0.39, 0.29) is 23.9 Å². The highest BCUT2D eigenvalue weighted by molar-refractivity contribution is 7.21. The molecule has 1 fully saturated rings. The Morgan fingerprint density at radius 2 is 1.97 bits per heavy atom. The van der Waals surface area contributed by atoms with Crippen LogP contribution in [0, 0.1) is 0 Å². The molecule has 1 saturated heterocycles. The van der Waals surface area contributed by atoms with Gasteiger partial charge in [0.05, 0.1) is 22.4 Å². The van der Waals surface area contributed by atoms with E-state index in [1.165, 1.54) is 17.4 Å². The maximum Gasteiger partial charge on any atom is 0.331 e. The molecule has 38 heavy (non-hydrogen) atoms. The first kappa shape index (κ1) is 23.6. The molecule has 1 aromatic carbocycles. The van der Waals surface area contributed by atoms with Crippen LogP contribution in [0.5, 0.6) is 11.6 Å². The monoisotopic (exact) mass is 526 g/mol. The second-order valence-corrected chi connectivity index (χ2v) is 9.79. The van der Waals surface area contributed by atoms with Gasteiger partial charge in [-0.1, -0.05) is 12.6 Å². The summed E-state index contributed by atoms with van der Waals surface area (Å²) in [5.41, 5.74) is 1.70. The minimum Gasteiger partial charge on any atom is -0.439 e. The number of carbonyl (C=O) groups is 3. The van der Waals surface area contributed by atoms with Crippen molar-refractivity contribution in [3.8, 4) is 11.6 Å². The summed E-state index contributed by atoms with van der Waals surface area (Å²) in [6.45, 7) is 4.49. The van der Waals surface area contributed by atoms with E-state index in [0.717, 1.165) is 0 Å². The van der Waals surface area contributed by atoms with Crippen molar-refractivity contribution in [2.24, 2.45) is 0 Å². The zero-order valence-corrected chi connectivity index (χ0v) is 20.9. The summed E-state index contributed by atoms with van der Waals surface area (Å²) in [4.78, 5) is 51.3. The molecule has 2 aliphatic rings. The number of amides is 4. The molecule has 4 aromatic rings. The van der Waals surface area contributed by atoms with Gasteiger partial charge in [0.2, 0.25) is 11.8 Å². The Hall–Kier alpha value is -4.77. The Morgan fingerprint density at radius 3 is 2.74 bits per heavy atom. The molecule has 2 aliphatic heterocycles. The molecule has 190 valence electrons. The maximum absolute atomic E-state index is 13.3. The lowest BCUT2D eigenvalue weighted by atomic mass is 10.1. The molecule has 1 atom stereocenters. The maximum atomic E-state index is 13.3. The van der Waals surface area contributed by atoms with E-state index in [0.29, 0.717) is 63.3 Å². The van der Waals surface area contributed by atoms with Gasteiger partial charge in [0.1, 0.15) is 15.5 Å². The molecule has 4 amide bonds. The van der Waals surface area contributed by atoms with E-state index < -0.39 is 0 Å². The van der Waals surface area contributed by atoms with Crippen molar-refractivity contribution in [3.63, 3.8) is 0 Å². The molecule has 6 rings (SSSR count). The molecule has 10 nitrogen and oxygen atoms in total. The van der Waals surface area contributed by atoms with Gasteiger partial charge in [0.25, 0.3) is 5.91 Å². The summed E-state index contributed by atoms with van der Waals surface area (Å²) in [5, 5.41) is 6.59. The van der Waals surface area contributed by atoms with Crippen molar-refractivity contribution < 1.29 is 19.1 Å². The van der Waals surface area contributed by atoms with Crippen molar-refractivity contribution >= 4 is 56.5 Å². The highest BCUT2D eigenvalue weighted by Gasteiger charge is 2.34. The van der Waals surface area contributed by atoms with Gasteiger partial charge in [-0.3, -0.25) is 14.5 Å². The number of ether oxygens (including phenoxy) is 1. The first-order chi connectivity index (χ1) is 18.5. The molecule has 0 radical (unpaired) electrons. The zero-order valence-electron chi connectivity index (χ0n) is 20.1. The number of thiophene rings is 1. The fraction of sp³-hybridized carbons (Fsp3) is 0.148. The molecule has 0 unspecified atom stereocenters. The number of benzene rings is 1. The second-order valence-electron chi connectivity index (χ2n) is 8.79. The molecule has 3 aromatic heterocycles. The largest absolute Gasteiger partial charge is 0.439 e. The number of rotatable bonds is 6. The van der Waals surface area contributed by atoms with Crippen LogP contribution in [0.1, 0.15) is 16.1 Å². The van der Waals surface area contributed by atoms with Crippen LogP contribution in [0.25, 0.3) is 10.2 Å². The molecule has 5 heterocycles. The molecule has 0 aliphatic carbocycles. The average molecular weight is 527 g/mol. The van der Waals surface area contributed by atoms with Crippen molar-refractivity contribution in [1.29, 1.82) is 0 Å². The van der Waals surface area contributed by atoms with Crippen LogP contribution in [0.4, 0.5) is 21.9 Å². The summed E-state index contributed by atoms with van der Waals surface area (Å²) in [7, 11) is 0. The average Bonchev–Trinajstić information content (AvgIpc) is 3.55. The first-order valence-electron chi connectivity index (χ1n) is 12.0. The highest BCUT2D eigenvalue weighted by Crippen LogP contribution is 2.45. The molecule has 11 heteroatoms. The van der Waals surface area contributed by atoms with E-state index in [4.69, 9.17) is 4.74 Å². The first-order valence-corrected chi connectivity index (χ1v) is 12.8. The quantitative estimate of drug-likeness (QED) is 0.352. The lowest BCUT2D eigenvalue weighted by molar-refractivity contribution is -0.125. The van der Waals surface area contributed by atoms with E-state index in [9.17, 15) is 14.4 Å². The normalized spacial score (nSPS) is 16.3. The summed E-state index contributed by atoms with van der Waals surface area (Å²) >= 11 is 1.22. The van der Waals surface area contributed by atoms with Gasteiger partial charge < -0.3 is 20.3 Å². The van der Waals surface area contributed by atoms with Crippen molar-refractivity contribution in [2.75, 3.05) is 23.3 Å². The van der Waals surface area contributed by atoms with Crippen LogP contribution in [0.3, 0.4) is 0 Å². The Labute approximate surface area is 221 Å². The number of hydrogen-bond donors (Lipinski definition) is 2. The predicted molar refractivity (Wildman–Crippen MR) is 144 cm³/mol. The molecular weight excluding hydrogens is 504 g/mol. The number of hydrogen-bond acceptors (Lipinski definition) is 7. The minimum atomic E-state index is -0.389. The van der Waals surface area contributed by atoms with Crippen LogP contribution in [-0.4, -0.2) is 51.8 Å². The number of carbonyl (C=O) groups excluding carboxylic acids is 3. The number of anilines is 3. The Kier molecular flexibility index (Phi) is 5.97. The summed E-state index contributed by atoms with van der Waals surface area (Å²) in [6.07, 6.45) is 5.19. The van der Waals surface area contributed by atoms with Crippen molar-refractivity contribution in [2.45, 2.75) is 12.5 Å². The number of pyridine rings is 2. The standard InChI is InChI=1S/C27H22N6O4S/c1-2-21(34)32-14-11-16(15-32)30-25(35)24-23-22-19(10-13-29-26(22)38-24)33(27(36)31-23)17-6-8-18(9-7-17)37-20-5-3-4-12-28-20/h2-10,12-13,16H,1,11,14-15H2,(H,30,35)(H,31,36)/t16-/m1/s1. The van der Waals surface area contributed by atoms with E-state index in [1.807, 2.05) is 12.1 Å². The Bertz CT molecular complexity index is 1570. The lowest BCUT2D eigenvalue weighted by Crippen LogP contribution is -2.39. The molecule has 0 spiro atoms. The van der Waals surface area contributed by atoms with Crippen LogP contribution in [0.2, 0.25) is 0 Å². The molecule has 0 bridgehead atoms. The molecular formula is C27H22N6O4S. The van der Waals surface area contributed by atoms with E-state index in [2.05, 4.69) is 27.2 Å². The molecule has 0 saturated carbocycles. The van der Waals surface area contributed by atoms with Crippen LogP contribution >= 0.6 is 11.3 Å². The van der Waals surface area contributed by atoms with E-state index >= 15 is 0 Å². The summed E-state index contributed by atoms with van der Waals surface area (Å²) in [6, 6.07) is 13.7. The fourth-order valence-corrected chi connectivity index (χ4v) is 5.67. The van der Waals surface area contributed by atoms with E-state index in [1.54, 1.807) is 58.6 Å². The Morgan fingerprint density at radius 1 is 1.13 bits per heavy atom. The third-order valence-electron chi connectivity index (χ3n) is 6.42. The van der Waals surface area contributed by atoms with Gasteiger partial charge in [-0.05, 0) is 48.9 Å². The SMILES string of the molecule is C=CC(=O)N1CC[C@@H](NC(=O)c2sc3nccc4c3c2NC(=O)N4c2ccc(Oc3ccccn3)cc2)C1. The van der Waals surface area contributed by atoms with Gasteiger partial charge in [0, 0.05) is 37.6 Å². The zero-order chi connectivity index (χ0) is 26.2. The van der Waals surface area contributed by atoms with Crippen molar-refractivity contribution in [1.82, 2.24) is 20.2 Å². The van der Waals surface area contributed by atoms with Crippen molar-refractivity contribution in [3.05, 3.63) is 78.5 Å². The fourth-order valence-electron chi connectivity index (χ4n) is 4.65. The lowest BCUT2D eigenvalue weighted by Gasteiger charge is -2.28. The van der Waals surface area contributed by atoms with Crippen LogP contribution in [0.15, 0.2) is 73.6 Å². The van der Waals surface area contributed by atoms with Gasteiger partial charge in [-0.2, -0.15) is 0 Å². The number of nitrogens with one attached hydrogen (secondary N) is 2. The predicted octanol–water partition coefficient (Wildman–Crippen LogP) is 4.68. The van der Waals surface area contributed by atoms with Gasteiger partial charge in [-0.25, -0.2) is 14.8 Å². The smallest absolute Gasteiger partial charge is 0.331 e. The van der Waals surface area contributed by atoms with Gasteiger partial charge in [0.15, 0.2) is 0 Å². The third-order valence-corrected chi connectivity index (χ3v) is 7.51. The minimum absolute atomic E-state index is 0.156. The summed E-state index contributed by atoms with van der Waals surface area (Å²) < 4.78 is 5.76. The summed E-state index contributed by atoms with van der Waals surface area (Å²) in [5.74, 6) is 0.589. The third kappa shape index (κ3) is 4.22. The second kappa shape index (κ2) is 9.60. The Balaban J connectivity index is 1.27.